The van der Waals surface area contributed by atoms with Gasteiger partial charge < -0.3 is 19.4 Å². The lowest BCUT2D eigenvalue weighted by molar-refractivity contribution is -0.131. The number of aromatic amines is 1. The van der Waals surface area contributed by atoms with Crippen LogP contribution in [0.1, 0.15) is 36.8 Å². The van der Waals surface area contributed by atoms with Gasteiger partial charge in [0.2, 0.25) is 5.91 Å². The summed E-state index contributed by atoms with van der Waals surface area (Å²) in [7, 11) is 3.30. The minimum Gasteiger partial charge on any atom is -0.493 e. The lowest BCUT2D eigenvalue weighted by Crippen LogP contribution is -2.42. The largest absolute Gasteiger partial charge is 0.493 e. The fraction of sp³-hybridized carbons (Fsp3) is 0.407. The average molecular weight is 461 g/mol. The highest BCUT2D eigenvalue weighted by atomic mass is 16.5. The number of hydrogen-bond donors (Lipinski definition) is 2. The molecule has 1 saturated heterocycles. The number of amides is 1. The van der Waals surface area contributed by atoms with Crippen LogP contribution >= 0.6 is 0 Å². The van der Waals surface area contributed by atoms with Crippen LogP contribution in [0.4, 0.5) is 0 Å². The van der Waals surface area contributed by atoms with Crippen LogP contribution in [-0.2, 0) is 11.2 Å². The maximum atomic E-state index is 12.3. The van der Waals surface area contributed by atoms with Crippen LogP contribution in [0, 0.1) is 11.3 Å². The molecule has 178 valence electrons. The number of ether oxygens (including phenoxy) is 2. The Labute approximate surface area is 200 Å². The zero-order valence-corrected chi connectivity index (χ0v) is 20.1. The molecule has 0 aliphatic carbocycles. The minimum atomic E-state index is 0.0719. The Morgan fingerprint density at radius 3 is 2.59 bits per heavy atom. The molecule has 3 aromatic rings. The molecule has 0 saturated carbocycles. The number of likely N-dealkylation sites (tertiary alicyclic amines) is 1. The highest BCUT2D eigenvalue weighted by Gasteiger charge is 2.24. The summed E-state index contributed by atoms with van der Waals surface area (Å²) in [5.74, 6) is 1.94. The van der Waals surface area contributed by atoms with Crippen molar-refractivity contribution in [1.29, 1.82) is 5.26 Å². The van der Waals surface area contributed by atoms with E-state index in [-0.39, 0.29) is 19.0 Å². The van der Waals surface area contributed by atoms with Gasteiger partial charge in [-0.3, -0.25) is 10.1 Å². The molecule has 0 bridgehead atoms. The summed E-state index contributed by atoms with van der Waals surface area (Å²) in [6, 6.07) is 14.7. The molecule has 1 fully saturated rings. The van der Waals surface area contributed by atoms with Gasteiger partial charge in [-0.15, -0.1) is 0 Å². The number of carbonyl (C=O) groups excluding carboxylic acids is 1. The SMILES string of the molecule is CCc1c(-c2ccc(OC)c(OC)c2)[nH]c2ccc(C3CCN(C(=O)CNCC#N)CC3)cc12. The molecule has 2 heterocycles. The topological polar surface area (TPSA) is 90.4 Å². The van der Waals surface area contributed by atoms with Crippen LogP contribution in [0.2, 0.25) is 0 Å². The molecule has 34 heavy (non-hydrogen) atoms. The highest BCUT2D eigenvalue weighted by Crippen LogP contribution is 2.38. The van der Waals surface area contributed by atoms with E-state index in [1.165, 1.54) is 16.5 Å². The van der Waals surface area contributed by atoms with Crippen molar-refractivity contribution in [1.82, 2.24) is 15.2 Å². The third kappa shape index (κ3) is 4.73. The van der Waals surface area contributed by atoms with Crippen molar-refractivity contribution in [2.75, 3.05) is 40.4 Å². The second-order valence-corrected chi connectivity index (χ2v) is 8.62. The summed E-state index contributed by atoms with van der Waals surface area (Å²) in [5.41, 5.74) is 5.93. The Kier molecular flexibility index (Phi) is 7.39. The van der Waals surface area contributed by atoms with E-state index in [0.29, 0.717) is 17.4 Å². The molecule has 1 aliphatic heterocycles. The van der Waals surface area contributed by atoms with Crippen molar-refractivity contribution >= 4 is 16.8 Å². The van der Waals surface area contributed by atoms with Gasteiger partial charge in [-0.25, -0.2) is 0 Å². The van der Waals surface area contributed by atoms with Crippen LogP contribution in [-0.4, -0.2) is 56.2 Å². The summed E-state index contributed by atoms with van der Waals surface area (Å²) < 4.78 is 10.9. The van der Waals surface area contributed by atoms with Crippen LogP contribution < -0.4 is 14.8 Å². The Morgan fingerprint density at radius 2 is 1.91 bits per heavy atom. The lowest BCUT2D eigenvalue weighted by atomic mass is 9.88. The number of nitriles is 1. The fourth-order valence-electron chi connectivity index (χ4n) is 4.92. The second-order valence-electron chi connectivity index (χ2n) is 8.62. The van der Waals surface area contributed by atoms with Crippen LogP contribution in [0.25, 0.3) is 22.2 Å². The first-order chi connectivity index (χ1) is 16.6. The standard InChI is InChI=1S/C27H32N4O3/c1-4-21-22-15-19(18-9-13-31(14-10-18)26(32)17-29-12-11-28)5-7-23(22)30-27(21)20-6-8-24(33-2)25(16-20)34-3/h5-8,15-16,18,29-30H,4,9-10,12-14,17H2,1-3H3. The summed E-state index contributed by atoms with van der Waals surface area (Å²) in [5, 5.41) is 12.7. The number of carbonyl (C=O) groups is 1. The molecule has 1 aliphatic rings. The number of nitrogens with zero attached hydrogens (tertiary/aromatic N) is 2. The molecule has 7 nitrogen and oxygen atoms in total. The van der Waals surface area contributed by atoms with Gasteiger partial charge in [-0.2, -0.15) is 5.26 Å². The number of hydrogen-bond acceptors (Lipinski definition) is 5. The lowest BCUT2D eigenvalue weighted by Gasteiger charge is -2.32. The number of H-pyrrole nitrogens is 1. The smallest absolute Gasteiger partial charge is 0.236 e. The Morgan fingerprint density at radius 1 is 1.15 bits per heavy atom. The molecular formula is C27H32N4O3. The van der Waals surface area contributed by atoms with Gasteiger partial charge in [-0.1, -0.05) is 13.0 Å². The monoisotopic (exact) mass is 460 g/mol. The van der Waals surface area contributed by atoms with E-state index in [1.807, 2.05) is 23.1 Å². The number of benzene rings is 2. The van der Waals surface area contributed by atoms with Gasteiger partial charge in [0.05, 0.1) is 33.4 Å². The molecule has 0 radical (unpaired) electrons. The quantitative estimate of drug-likeness (QED) is 0.388. The average Bonchev–Trinajstić information content (AvgIpc) is 3.26. The summed E-state index contributed by atoms with van der Waals surface area (Å²) >= 11 is 0. The molecule has 0 spiro atoms. The van der Waals surface area contributed by atoms with E-state index in [2.05, 4.69) is 41.5 Å². The predicted octanol–water partition coefficient (Wildman–Crippen LogP) is 4.23. The number of rotatable bonds is 8. The first-order valence-corrected chi connectivity index (χ1v) is 11.8. The van der Waals surface area contributed by atoms with Crippen LogP contribution in [0.5, 0.6) is 11.5 Å². The molecule has 0 unspecified atom stereocenters. The van der Waals surface area contributed by atoms with Gasteiger partial charge in [0.25, 0.3) is 0 Å². The fourth-order valence-corrected chi connectivity index (χ4v) is 4.92. The number of nitrogens with one attached hydrogen (secondary N) is 2. The van der Waals surface area contributed by atoms with E-state index in [4.69, 9.17) is 14.7 Å². The predicted molar refractivity (Wildman–Crippen MR) is 133 cm³/mol. The number of piperidine rings is 1. The third-order valence-electron chi connectivity index (χ3n) is 6.76. The van der Waals surface area contributed by atoms with E-state index in [9.17, 15) is 4.79 Å². The molecular weight excluding hydrogens is 428 g/mol. The van der Waals surface area contributed by atoms with E-state index in [1.54, 1.807) is 14.2 Å². The van der Waals surface area contributed by atoms with Gasteiger partial charge in [0.15, 0.2) is 11.5 Å². The zero-order valence-electron chi connectivity index (χ0n) is 20.1. The number of aryl methyl sites for hydroxylation is 1. The molecule has 0 atom stereocenters. The van der Waals surface area contributed by atoms with E-state index < -0.39 is 0 Å². The first kappa shape index (κ1) is 23.7. The van der Waals surface area contributed by atoms with E-state index in [0.717, 1.165) is 49.1 Å². The minimum absolute atomic E-state index is 0.0719. The van der Waals surface area contributed by atoms with Crippen molar-refractivity contribution in [2.24, 2.45) is 0 Å². The second kappa shape index (κ2) is 10.6. The number of aromatic nitrogens is 1. The number of fused-ring (bicyclic) bond motifs is 1. The summed E-state index contributed by atoms with van der Waals surface area (Å²) in [4.78, 5) is 17.9. The molecule has 2 N–H and O–H groups in total. The van der Waals surface area contributed by atoms with Gasteiger partial charge >= 0.3 is 0 Å². The number of methoxy groups -OCH3 is 2. The molecule has 1 aromatic heterocycles. The summed E-state index contributed by atoms with van der Waals surface area (Å²) in [6.07, 6.45) is 2.81. The first-order valence-electron chi connectivity index (χ1n) is 11.8. The van der Waals surface area contributed by atoms with Crippen molar-refractivity contribution in [3.8, 4) is 28.8 Å². The Bertz CT molecular complexity index is 1200. The maximum Gasteiger partial charge on any atom is 0.236 e. The van der Waals surface area contributed by atoms with Crippen LogP contribution in [0.15, 0.2) is 36.4 Å². The summed E-state index contributed by atoms with van der Waals surface area (Å²) in [6.45, 7) is 4.11. The Balaban J connectivity index is 1.55. The molecule has 2 aromatic carbocycles. The molecule has 1 amide bonds. The van der Waals surface area contributed by atoms with Crippen LogP contribution in [0.3, 0.4) is 0 Å². The molecule has 7 heteroatoms. The Hall–Kier alpha value is -3.50. The molecule has 4 rings (SSSR count). The van der Waals surface area contributed by atoms with Gasteiger partial charge in [-0.05, 0) is 66.6 Å². The van der Waals surface area contributed by atoms with E-state index >= 15 is 0 Å². The normalized spacial score (nSPS) is 14.2. The maximum absolute atomic E-state index is 12.3. The van der Waals surface area contributed by atoms with Crippen molar-refractivity contribution in [2.45, 2.75) is 32.1 Å². The van der Waals surface area contributed by atoms with Crippen molar-refractivity contribution in [3.63, 3.8) is 0 Å². The van der Waals surface area contributed by atoms with Gasteiger partial charge in [0.1, 0.15) is 0 Å². The van der Waals surface area contributed by atoms with Crippen molar-refractivity contribution in [3.05, 3.63) is 47.5 Å². The highest BCUT2D eigenvalue weighted by molar-refractivity contribution is 5.91. The third-order valence-corrected chi connectivity index (χ3v) is 6.76. The van der Waals surface area contributed by atoms with Crippen molar-refractivity contribution < 1.29 is 14.3 Å². The zero-order chi connectivity index (χ0) is 24.1. The van der Waals surface area contributed by atoms with Gasteiger partial charge in [0, 0.05) is 35.2 Å².